The van der Waals surface area contributed by atoms with E-state index in [4.69, 9.17) is 0 Å². The zero-order chi connectivity index (χ0) is 14.8. The fraction of sp³-hybridized carbons (Fsp3) is 0.0667. The third-order valence-electron chi connectivity index (χ3n) is 2.89. The number of benzene rings is 1. The van der Waals surface area contributed by atoms with Gasteiger partial charge in [-0.2, -0.15) is 5.26 Å². The van der Waals surface area contributed by atoms with Crippen LogP contribution in [-0.4, -0.2) is 15.0 Å². The molecule has 2 heterocycles. The summed E-state index contributed by atoms with van der Waals surface area (Å²) in [5, 5.41) is 10.6. The summed E-state index contributed by atoms with van der Waals surface area (Å²) in [6.07, 6.45) is 1.54. The highest BCUT2D eigenvalue weighted by molar-refractivity contribution is 7.99. The van der Waals surface area contributed by atoms with Crippen LogP contribution < -0.4 is 5.56 Å². The molecular formula is C15H10N4OS. The van der Waals surface area contributed by atoms with Crippen LogP contribution in [0.1, 0.15) is 11.3 Å². The van der Waals surface area contributed by atoms with Crippen LogP contribution in [0.2, 0.25) is 0 Å². The van der Waals surface area contributed by atoms with Crippen molar-refractivity contribution in [2.24, 2.45) is 0 Å². The molecule has 0 atom stereocenters. The van der Waals surface area contributed by atoms with E-state index < -0.39 is 0 Å². The number of fused-ring (bicyclic) bond motifs is 1. The Morgan fingerprint density at radius 3 is 2.90 bits per heavy atom. The number of hydrogen-bond acceptors (Lipinski definition) is 5. The van der Waals surface area contributed by atoms with Gasteiger partial charge in [-0.15, -0.1) is 0 Å². The smallest absolute Gasteiger partial charge is 0.251 e. The molecule has 0 aliphatic heterocycles. The predicted molar refractivity (Wildman–Crippen MR) is 80.2 cm³/mol. The maximum Gasteiger partial charge on any atom is 0.251 e. The second-order valence-corrected chi connectivity index (χ2v) is 5.42. The van der Waals surface area contributed by atoms with Crippen molar-refractivity contribution in [3.05, 3.63) is 58.1 Å². The van der Waals surface area contributed by atoms with Crippen LogP contribution in [-0.2, 0) is 0 Å². The van der Waals surface area contributed by atoms with Crippen LogP contribution in [0.3, 0.4) is 0 Å². The number of H-pyrrole nitrogens is 1. The Hall–Kier alpha value is -2.65. The number of nitriles is 1. The molecule has 0 bridgehead atoms. The summed E-state index contributed by atoms with van der Waals surface area (Å²) in [5.41, 5.74) is 1.69. The highest BCUT2D eigenvalue weighted by Gasteiger charge is 2.11. The first-order chi connectivity index (χ1) is 10.2. The molecule has 102 valence electrons. The van der Waals surface area contributed by atoms with Crippen molar-refractivity contribution in [3.63, 3.8) is 0 Å². The second-order valence-electron chi connectivity index (χ2n) is 4.42. The summed E-state index contributed by atoms with van der Waals surface area (Å²) in [7, 11) is 0. The molecule has 6 heteroatoms. The maximum absolute atomic E-state index is 11.5. The van der Waals surface area contributed by atoms with Crippen LogP contribution in [0.15, 0.2) is 51.4 Å². The lowest BCUT2D eigenvalue weighted by atomic mass is 10.2. The normalized spacial score (nSPS) is 10.5. The highest BCUT2D eigenvalue weighted by atomic mass is 32.2. The number of rotatable bonds is 2. The fourth-order valence-electron chi connectivity index (χ4n) is 2.00. The summed E-state index contributed by atoms with van der Waals surface area (Å²) in [5.74, 6) is 0. The van der Waals surface area contributed by atoms with Crippen LogP contribution in [0, 0.1) is 18.3 Å². The molecule has 0 spiro atoms. The minimum absolute atomic E-state index is 0.207. The summed E-state index contributed by atoms with van der Waals surface area (Å²) >= 11 is 1.27. The predicted octanol–water partition coefficient (Wildman–Crippen LogP) is 2.65. The van der Waals surface area contributed by atoms with Gasteiger partial charge in [0.15, 0.2) is 5.16 Å². The van der Waals surface area contributed by atoms with E-state index in [-0.39, 0.29) is 5.56 Å². The van der Waals surface area contributed by atoms with Gasteiger partial charge < -0.3 is 4.98 Å². The minimum atomic E-state index is -0.207. The van der Waals surface area contributed by atoms with Gasteiger partial charge in [0.25, 0.3) is 5.56 Å². The summed E-state index contributed by atoms with van der Waals surface area (Å²) in [6.45, 7) is 1.76. The molecule has 21 heavy (non-hydrogen) atoms. The molecule has 0 aliphatic rings. The second kappa shape index (κ2) is 5.38. The number of aromatic amines is 1. The number of aryl methyl sites for hydroxylation is 1. The Bertz CT molecular complexity index is 927. The minimum Gasteiger partial charge on any atom is -0.301 e. The first kappa shape index (κ1) is 13.3. The first-order valence-electron chi connectivity index (χ1n) is 6.21. The molecule has 0 aliphatic carbocycles. The molecule has 0 fully saturated rings. The molecule has 0 saturated heterocycles. The molecule has 1 N–H and O–H groups in total. The highest BCUT2D eigenvalue weighted by Crippen LogP contribution is 2.33. The molecule has 0 unspecified atom stereocenters. The first-order valence-corrected chi connectivity index (χ1v) is 7.02. The standard InChI is InChI=1S/C15H10N4OS/c1-9-6-13(20)19-15(18-9)21-14-10(7-16)8-17-12-5-3-2-4-11(12)14/h2-6,8H,1H3,(H,18,19,20). The zero-order valence-corrected chi connectivity index (χ0v) is 11.9. The third-order valence-corrected chi connectivity index (χ3v) is 3.92. The monoisotopic (exact) mass is 294 g/mol. The molecule has 0 amide bonds. The Morgan fingerprint density at radius 2 is 2.14 bits per heavy atom. The van der Waals surface area contributed by atoms with Crippen molar-refractivity contribution in [3.8, 4) is 6.07 Å². The average Bonchev–Trinajstić information content (AvgIpc) is 2.46. The van der Waals surface area contributed by atoms with Gasteiger partial charge in [0, 0.05) is 28.2 Å². The Labute approximate surface area is 124 Å². The van der Waals surface area contributed by atoms with E-state index in [0.717, 1.165) is 15.8 Å². The van der Waals surface area contributed by atoms with Crippen LogP contribution in [0.25, 0.3) is 10.9 Å². The number of nitrogens with one attached hydrogen (secondary N) is 1. The van der Waals surface area contributed by atoms with Crippen molar-refractivity contribution < 1.29 is 0 Å². The van der Waals surface area contributed by atoms with Gasteiger partial charge in [-0.1, -0.05) is 18.2 Å². The van der Waals surface area contributed by atoms with Gasteiger partial charge in [-0.05, 0) is 24.8 Å². The number of aromatic nitrogens is 3. The molecule has 3 rings (SSSR count). The number of pyridine rings is 1. The van der Waals surface area contributed by atoms with Gasteiger partial charge >= 0.3 is 0 Å². The average molecular weight is 294 g/mol. The Kier molecular flexibility index (Phi) is 3.42. The van der Waals surface area contributed by atoms with Crippen LogP contribution in [0.5, 0.6) is 0 Å². The lowest BCUT2D eigenvalue weighted by Gasteiger charge is -2.07. The molecule has 0 saturated carbocycles. The van der Waals surface area contributed by atoms with Crippen LogP contribution >= 0.6 is 11.8 Å². The molecule has 2 aromatic heterocycles. The molecule has 0 radical (unpaired) electrons. The maximum atomic E-state index is 11.5. The van der Waals surface area contributed by atoms with Crippen molar-refractivity contribution >= 4 is 22.7 Å². The number of para-hydroxylation sites is 1. The van der Waals surface area contributed by atoms with E-state index >= 15 is 0 Å². The molecule has 1 aromatic carbocycles. The van der Waals surface area contributed by atoms with Crippen molar-refractivity contribution in [2.45, 2.75) is 17.0 Å². The summed E-state index contributed by atoms with van der Waals surface area (Å²) in [4.78, 5) is 23.5. The van der Waals surface area contributed by atoms with Gasteiger partial charge in [-0.3, -0.25) is 9.78 Å². The lowest BCUT2D eigenvalue weighted by Crippen LogP contribution is -2.08. The van der Waals surface area contributed by atoms with E-state index in [9.17, 15) is 10.1 Å². The van der Waals surface area contributed by atoms with Gasteiger partial charge in [0.05, 0.1) is 11.1 Å². The molecule has 5 nitrogen and oxygen atoms in total. The van der Waals surface area contributed by atoms with Gasteiger partial charge in [0.1, 0.15) is 6.07 Å². The van der Waals surface area contributed by atoms with E-state index in [1.807, 2.05) is 24.3 Å². The topological polar surface area (TPSA) is 82.4 Å². The zero-order valence-electron chi connectivity index (χ0n) is 11.1. The van der Waals surface area contributed by atoms with E-state index in [1.54, 1.807) is 13.1 Å². The Balaban J connectivity index is 2.19. The van der Waals surface area contributed by atoms with E-state index in [2.05, 4.69) is 21.0 Å². The van der Waals surface area contributed by atoms with Crippen LogP contribution in [0.4, 0.5) is 0 Å². The lowest BCUT2D eigenvalue weighted by molar-refractivity contribution is 0.905. The number of nitrogens with zero attached hydrogens (tertiary/aromatic N) is 3. The SMILES string of the molecule is Cc1cc(=O)[nH]c(Sc2c(C#N)cnc3ccccc23)n1. The fourth-order valence-corrected chi connectivity index (χ4v) is 3.03. The van der Waals surface area contributed by atoms with Crippen molar-refractivity contribution in [1.82, 2.24) is 15.0 Å². The number of hydrogen-bond donors (Lipinski definition) is 1. The summed E-state index contributed by atoms with van der Waals surface area (Å²) in [6, 6.07) is 11.1. The Morgan fingerprint density at radius 1 is 1.33 bits per heavy atom. The van der Waals surface area contributed by atoms with Crippen molar-refractivity contribution in [1.29, 1.82) is 5.26 Å². The third kappa shape index (κ3) is 2.64. The quantitative estimate of drug-likeness (QED) is 0.735. The van der Waals surface area contributed by atoms with Crippen molar-refractivity contribution in [2.75, 3.05) is 0 Å². The molecule has 3 aromatic rings. The van der Waals surface area contributed by atoms with Gasteiger partial charge in [0.2, 0.25) is 0 Å². The molecular weight excluding hydrogens is 284 g/mol. The largest absolute Gasteiger partial charge is 0.301 e. The van der Waals surface area contributed by atoms with Gasteiger partial charge in [-0.25, -0.2) is 4.98 Å². The van der Waals surface area contributed by atoms with E-state index in [0.29, 0.717) is 16.4 Å². The summed E-state index contributed by atoms with van der Waals surface area (Å²) < 4.78 is 0. The van der Waals surface area contributed by atoms with E-state index in [1.165, 1.54) is 17.8 Å².